The highest BCUT2D eigenvalue weighted by Crippen LogP contribution is 2.34. The van der Waals surface area contributed by atoms with Crippen LogP contribution in [0.3, 0.4) is 0 Å². The number of ketones is 2. The molecule has 2 unspecified atom stereocenters. The Bertz CT molecular complexity index is 894. The maximum absolute atomic E-state index is 12.5. The van der Waals surface area contributed by atoms with Gasteiger partial charge in [-0.2, -0.15) is 0 Å². The molecule has 0 saturated heterocycles. The summed E-state index contributed by atoms with van der Waals surface area (Å²) in [6, 6.07) is 15.9. The van der Waals surface area contributed by atoms with Crippen molar-refractivity contribution in [1.82, 2.24) is 5.32 Å². The molecule has 0 heterocycles. The van der Waals surface area contributed by atoms with Crippen molar-refractivity contribution in [2.24, 2.45) is 5.92 Å². The molecule has 2 atom stereocenters. The van der Waals surface area contributed by atoms with Gasteiger partial charge < -0.3 is 10.1 Å². The molecular formula is C22H22BrNO4. The highest BCUT2D eigenvalue weighted by molar-refractivity contribution is 9.10. The van der Waals surface area contributed by atoms with Crippen LogP contribution in [0.25, 0.3) is 0 Å². The first-order chi connectivity index (χ1) is 13.2. The molecule has 3 rings (SSSR count). The second kappa shape index (κ2) is 8.27. The lowest BCUT2D eigenvalue weighted by atomic mass is 9.97. The van der Waals surface area contributed by atoms with Gasteiger partial charge in [-0.3, -0.25) is 9.59 Å². The molecule has 0 radical (unpaired) electrons. The third-order valence-electron chi connectivity index (χ3n) is 4.59. The summed E-state index contributed by atoms with van der Waals surface area (Å²) in [6.45, 7) is 3.40. The minimum absolute atomic E-state index is 0.00474. The Hall–Kier alpha value is -2.47. The summed E-state index contributed by atoms with van der Waals surface area (Å²) >= 11 is 3.36. The fourth-order valence-electron chi connectivity index (χ4n) is 3.08. The van der Waals surface area contributed by atoms with Crippen molar-refractivity contribution < 1.29 is 19.1 Å². The third kappa shape index (κ3) is 5.29. The fraction of sp³-hybridized carbons (Fsp3) is 0.318. The van der Waals surface area contributed by atoms with E-state index in [4.69, 9.17) is 4.74 Å². The Kier molecular flexibility index (Phi) is 5.98. The van der Waals surface area contributed by atoms with Crippen LogP contribution in [0.2, 0.25) is 0 Å². The molecule has 5 nitrogen and oxygen atoms in total. The highest BCUT2D eigenvalue weighted by Gasteiger charge is 2.45. The second-order valence-corrected chi connectivity index (χ2v) is 8.50. The maximum atomic E-state index is 12.5. The number of Topliss-reactive ketones (excluding diaryl/α,β-unsaturated/α-hetero) is 2. The number of hydrogen-bond acceptors (Lipinski definition) is 4. The lowest BCUT2D eigenvalue weighted by Gasteiger charge is -2.24. The minimum atomic E-state index is -0.949. The number of amides is 1. The molecule has 1 saturated carbocycles. The molecule has 1 aliphatic carbocycles. The van der Waals surface area contributed by atoms with Gasteiger partial charge in [0, 0.05) is 27.6 Å². The summed E-state index contributed by atoms with van der Waals surface area (Å²) in [6.07, 6.45) is 0.0553. The quantitative estimate of drug-likeness (QED) is 0.623. The van der Waals surface area contributed by atoms with E-state index in [0.717, 1.165) is 4.47 Å². The summed E-state index contributed by atoms with van der Waals surface area (Å²) in [4.78, 5) is 37.0. The van der Waals surface area contributed by atoms with Crippen LogP contribution in [0.5, 0.6) is 0 Å². The Balaban J connectivity index is 1.50. The number of hydrogen-bond donors (Lipinski definition) is 1. The predicted octanol–water partition coefficient (Wildman–Crippen LogP) is 4.80. The lowest BCUT2D eigenvalue weighted by molar-refractivity contribution is 0.0320. The molecule has 2 aromatic carbocycles. The van der Waals surface area contributed by atoms with Crippen LogP contribution in [0.4, 0.5) is 4.79 Å². The summed E-state index contributed by atoms with van der Waals surface area (Å²) < 4.78 is 6.28. The molecule has 0 spiro atoms. The van der Waals surface area contributed by atoms with Crippen molar-refractivity contribution in [1.29, 1.82) is 0 Å². The summed E-state index contributed by atoms with van der Waals surface area (Å²) in [5.41, 5.74) is 0.252. The first-order valence-electron chi connectivity index (χ1n) is 9.13. The zero-order valence-corrected chi connectivity index (χ0v) is 17.4. The topological polar surface area (TPSA) is 72.5 Å². The monoisotopic (exact) mass is 443 g/mol. The van der Waals surface area contributed by atoms with Gasteiger partial charge in [-0.1, -0.05) is 58.4 Å². The number of rotatable bonds is 7. The zero-order chi connectivity index (χ0) is 20.3. The Labute approximate surface area is 172 Å². The average Bonchev–Trinajstić information content (AvgIpc) is 3.39. The van der Waals surface area contributed by atoms with Crippen molar-refractivity contribution >= 4 is 33.6 Å². The summed E-state index contributed by atoms with van der Waals surface area (Å²) in [5.74, 6) is -0.325. The molecule has 1 N–H and O–H groups in total. The smallest absolute Gasteiger partial charge is 0.407 e. The van der Waals surface area contributed by atoms with Gasteiger partial charge in [0.05, 0.1) is 6.42 Å². The van der Waals surface area contributed by atoms with Gasteiger partial charge in [0.15, 0.2) is 11.6 Å². The SMILES string of the molecule is CC(C)(CC(=O)c1ccccc1)OC(=O)NC1CC1C(=O)c1cccc(Br)c1. The van der Waals surface area contributed by atoms with Gasteiger partial charge in [0.2, 0.25) is 0 Å². The Morgan fingerprint density at radius 1 is 1.07 bits per heavy atom. The number of alkyl carbamates (subject to hydrolysis) is 1. The molecule has 1 fully saturated rings. The molecule has 146 valence electrons. The van der Waals surface area contributed by atoms with Gasteiger partial charge in [-0.05, 0) is 32.4 Å². The number of benzene rings is 2. The number of halogens is 1. The van der Waals surface area contributed by atoms with E-state index < -0.39 is 11.7 Å². The normalized spacial score (nSPS) is 18.2. The van der Waals surface area contributed by atoms with Crippen LogP contribution in [-0.2, 0) is 4.74 Å². The Morgan fingerprint density at radius 3 is 2.43 bits per heavy atom. The largest absolute Gasteiger partial charge is 0.443 e. The van der Waals surface area contributed by atoms with E-state index >= 15 is 0 Å². The number of carbonyl (C=O) groups excluding carboxylic acids is 3. The molecular weight excluding hydrogens is 422 g/mol. The molecule has 2 aromatic rings. The van der Waals surface area contributed by atoms with Gasteiger partial charge >= 0.3 is 6.09 Å². The van der Waals surface area contributed by atoms with Crippen molar-refractivity contribution in [2.45, 2.75) is 38.3 Å². The molecule has 0 bridgehead atoms. The summed E-state index contributed by atoms with van der Waals surface area (Å²) in [7, 11) is 0. The summed E-state index contributed by atoms with van der Waals surface area (Å²) in [5, 5.41) is 2.73. The van der Waals surface area contributed by atoms with Gasteiger partial charge in [-0.25, -0.2) is 4.79 Å². The molecule has 28 heavy (non-hydrogen) atoms. The minimum Gasteiger partial charge on any atom is -0.443 e. The first-order valence-corrected chi connectivity index (χ1v) is 9.92. The average molecular weight is 444 g/mol. The number of nitrogens with one attached hydrogen (secondary N) is 1. The van der Waals surface area contributed by atoms with Crippen molar-refractivity contribution in [2.75, 3.05) is 0 Å². The van der Waals surface area contributed by atoms with E-state index in [0.29, 0.717) is 17.5 Å². The third-order valence-corrected chi connectivity index (χ3v) is 5.08. The van der Waals surface area contributed by atoms with E-state index in [1.165, 1.54) is 0 Å². The van der Waals surface area contributed by atoms with Crippen molar-refractivity contribution in [3.05, 3.63) is 70.2 Å². The van der Waals surface area contributed by atoms with Gasteiger partial charge in [0.1, 0.15) is 5.60 Å². The highest BCUT2D eigenvalue weighted by atomic mass is 79.9. The molecule has 1 aliphatic rings. The molecule has 1 amide bonds. The van der Waals surface area contributed by atoms with Crippen LogP contribution in [0.15, 0.2) is 59.1 Å². The predicted molar refractivity (Wildman–Crippen MR) is 109 cm³/mol. The van der Waals surface area contributed by atoms with Crippen LogP contribution in [-0.4, -0.2) is 29.3 Å². The lowest BCUT2D eigenvalue weighted by Crippen LogP contribution is -2.38. The number of ether oxygens (including phenoxy) is 1. The van der Waals surface area contributed by atoms with Crippen LogP contribution >= 0.6 is 15.9 Å². The van der Waals surface area contributed by atoms with E-state index in [1.807, 2.05) is 18.2 Å². The molecule has 6 heteroatoms. The van der Waals surface area contributed by atoms with Crippen LogP contribution < -0.4 is 5.32 Å². The van der Waals surface area contributed by atoms with E-state index in [-0.39, 0.29) is 29.9 Å². The van der Waals surface area contributed by atoms with Crippen molar-refractivity contribution in [3.8, 4) is 0 Å². The Morgan fingerprint density at radius 2 is 1.75 bits per heavy atom. The van der Waals surface area contributed by atoms with Crippen LogP contribution in [0.1, 0.15) is 47.4 Å². The van der Waals surface area contributed by atoms with Crippen LogP contribution in [0, 0.1) is 5.92 Å². The molecule has 0 aliphatic heterocycles. The standard InChI is InChI=1S/C22H22BrNO4/c1-22(2,13-19(25)14-7-4-3-5-8-14)28-21(27)24-18-12-17(18)20(26)15-9-6-10-16(23)11-15/h3-11,17-18H,12-13H2,1-2H3,(H,24,27). The first kappa shape index (κ1) is 20.3. The van der Waals surface area contributed by atoms with E-state index in [2.05, 4.69) is 21.2 Å². The van der Waals surface area contributed by atoms with E-state index in [9.17, 15) is 14.4 Å². The van der Waals surface area contributed by atoms with E-state index in [1.54, 1.807) is 50.2 Å². The van der Waals surface area contributed by atoms with Gasteiger partial charge in [0.25, 0.3) is 0 Å². The zero-order valence-electron chi connectivity index (χ0n) is 15.8. The fourth-order valence-corrected chi connectivity index (χ4v) is 3.48. The molecule has 0 aromatic heterocycles. The maximum Gasteiger partial charge on any atom is 0.407 e. The van der Waals surface area contributed by atoms with Crippen molar-refractivity contribution in [3.63, 3.8) is 0 Å². The second-order valence-electron chi connectivity index (χ2n) is 7.58. The van der Waals surface area contributed by atoms with Gasteiger partial charge in [-0.15, -0.1) is 0 Å². The number of carbonyl (C=O) groups is 3.